The maximum absolute atomic E-state index is 9.73. The van der Waals surface area contributed by atoms with Crippen molar-refractivity contribution in [1.82, 2.24) is 0 Å². The van der Waals surface area contributed by atoms with Crippen LogP contribution in [-0.4, -0.2) is 11.3 Å². The Hall–Kier alpha value is -2.09. The molecule has 2 heteroatoms. The van der Waals surface area contributed by atoms with E-state index in [0.29, 0.717) is 0 Å². The molecule has 0 saturated carbocycles. The van der Waals surface area contributed by atoms with Crippen molar-refractivity contribution in [3.8, 4) is 5.75 Å². The van der Waals surface area contributed by atoms with E-state index in [1.54, 1.807) is 12.3 Å². The van der Waals surface area contributed by atoms with Crippen LogP contribution in [0.4, 0.5) is 5.69 Å². The van der Waals surface area contributed by atoms with Gasteiger partial charge in [-0.05, 0) is 49.2 Å². The fourth-order valence-electron chi connectivity index (χ4n) is 1.62. The topological polar surface area (TPSA) is 32.6 Å². The summed E-state index contributed by atoms with van der Waals surface area (Å²) in [7, 11) is 0. The maximum Gasteiger partial charge on any atom is 0.124 e. The second-order valence-electron chi connectivity index (χ2n) is 4.16. The van der Waals surface area contributed by atoms with Gasteiger partial charge >= 0.3 is 0 Å². The van der Waals surface area contributed by atoms with E-state index >= 15 is 0 Å². The van der Waals surface area contributed by atoms with Gasteiger partial charge in [-0.3, -0.25) is 4.99 Å². The molecule has 0 fully saturated rings. The van der Waals surface area contributed by atoms with Gasteiger partial charge in [0.1, 0.15) is 5.75 Å². The van der Waals surface area contributed by atoms with Crippen LogP contribution in [0.3, 0.4) is 0 Å². The summed E-state index contributed by atoms with van der Waals surface area (Å²) in [4.78, 5) is 4.34. The number of aromatic hydroxyl groups is 1. The van der Waals surface area contributed by atoms with Gasteiger partial charge in [0, 0.05) is 11.8 Å². The molecule has 17 heavy (non-hydrogen) atoms. The van der Waals surface area contributed by atoms with Gasteiger partial charge < -0.3 is 5.11 Å². The summed E-state index contributed by atoms with van der Waals surface area (Å²) in [5, 5.41) is 9.73. The van der Waals surface area contributed by atoms with Gasteiger partial charge in [-0.15, -0.1) is 0 Å². The summed E-state index contributed by atoms with van der Waals surface area (Å²) in [5.41, 5.74) is 3.84. The first kappa shape index (κ1) is 11.4. The SMILES string of the molecule is Cc1cccc(N=Cc2ccc(C)cc2O)c1. The quantitative estimate of drug-likeness (QED) is 0.775. The van der Waals surface area contributed by atoms with Gasteiger partial charge in [-0.1, -0.05) is 18.2 Å². The predicted octanol–water partition coefficient (Wildman–Crippen LogP) is 3.76. The molecule has 0 radical (unpaired) electrons. The molecule has 0 aromatic heterocycles. The molecule has 0 amide bonds. The van der Waals surface area contributed by atoms with Crippen LogP contribution in [0.25, 0.3) is 0 Å². The van der Waals surface area contributed by atoms with E-state index in [1.165, 1.54) is 5.56 Å². The second kappa shape index (κ2) is 4.83. The zero-order valence-electron chi connectivity index (χ0n) is 10.0. The molecule has 2 rings (SSSR count). The summed E-state index contributed by atoms with van der Waals surface area (Å²) in [5.74, 6) is 0.265. The van der Waals surface area contributed by atoms with Crippen LogP contribution in [0.2, 0.25) is 0 Å². The first-order valence-corrected chi connectivity index (χ1v) is 5.55. The van der Waals surface area contributed by atoms with Gasteiger partial charge in [0.05, 0.1) is 5.69 Å². The number of nitrogens with zero attached hydrogens (tertiary/aromatic N) is 1. The molecule has 0 unspecified atom stereocenters. The molecule has 0 bridgehead atoms. The van der Waals surface area contributed by atoms with E-state index in [9.17, 15) is 5.11 Å². The van der Waals surface area contributed by atoms with Crippen molar-refractivity contribution in [2.24, 2.45) is 4.99 Å². The normalized spacial score (nSPS) is 10.9. The van der Waals surface area contributed by atoms with Crippen molar-refractivity contribution in [3.05, 3.63) is 59.2 Å². The Morgan fingerprint density at radius 3 is 2.47 bits per heavy atom. The van der Waals surface area contributed by atoms with E-state index < -0.39 is 0 Å². The molecule has 1 N–H and O–H groups in total. The van der Waals surface area contributed by atoms with E-state index in [1.807, 2.05) is 50.2 Å². The zero-order chi connectivity index (χ0) is 12.3. The third-order valence-electron chi connectivity index (χ3n) is 2.54. The number of aryl methyl sites for hydroxylation is 2. The van der Waals surface area contributed by atoms with Crippen LogP contribution in [0.1, 0.15) is 16.7 Å². The molecule has 0 aliphatic heterocycles. The lowest BCUT2D eigenvalue weighted by atomic mass is 10.1. The Morgan fingerprint density at radius 1 is 1.00 bits per heavy atom. The molecule has 0 spiro atoms. The standard InChI is InChI=1S/C15H15NO/c1-11-4-3-5-14(8-11)16-10-13-7-6-12(2)9-15(13)17/h3-10,17H,1-2H3. The van der Waals surface area contributed by atoms with Crippen LogP contribution in [0.15, 0.2) is 47.5 Å². The average molecular weight is 225 g/mol. The van der Waals surface area contributed by atoms with Crippen LogP contribution in [0, 0.1) is 13.8 Å². The number of hydrogen-bond acceptors (Lipinski definition) is 2. The lowest BCUT2D eigenvalue weighted by Crippen LogP contribution is -1.83. The smallest absolute Gasteiger partial charge is 0.124 e. The third-order valence-corrected chi connectivity index (χ3v) is 2.54. The summed E-state index contributed by atoms with van der Waals surface area (Å²) >= 11 is 0. The van der Waals surface area contributed by atoms with Crippen LogP contribution in [0.5, 0.6) is 5.75 Å². The Kier molecular flexibility index (Phi) is 3.24. The van der Waals surface area contributed by atoms with Gasteiger partial charge in [-0.25, -0.2) is 0 Å². The highest BCUT2D eigenvalue weighted by Gasteiger charge is 1.97. The van der Waals surface area contributed by atoms with Gasteiger partial charge in [0.25, 0.3) is 0 Å². The molecule has 2 nitrogen and oxygen atoms in total. The van der Waals surface area contributed by atoms with Crippen molar-refractivity contribution in [1.29, 1.82) is 0 Å². The lowest BCUT2D eigenvalue weighted by molar-refractivity contribution is 0.474. The lowest BCUT2D eigenvalue weighted by Gasteiger charge is -2.00. The number of rotatable bonds is 2. The van der Waals surface area contributed by atoms with Crippen molar-refractivity contribution in [3.63, 3.8) is 0 Å². The zero-order valence-corrected chi connectivity index (χ0v) is 10.0. The van der Waals surface area contributed by atoms with Crippen molar-refractivity contribution >= 4 is 11.9 Å². The minimum atomic E-state index is 0.265. The highest BCUT2D eigenvalue weighted by Crippen LogP contribution is 2.18. The van der Waals surface area contributed by atoms with Gasteiger partial charge in [0.2, 0.25) is 0 Å². The highest BCUT2D eigenvalue weighted by molar-refractivity contribution is 5.85. The molecule has 0 saturated heterocycles. The molecular weight excluding hydrogens is 210 g/mol. The number of phenols is 1. The fraction of sp³-hybridized carbons (Fsp3) is 0.133. The number of aliphatic imine (C=N–C) groups is 1. The summed E-state index contributed by atoms with van der Waals surface area (Å²) < 4.78 is 0. The Bertz CT molecular complexity index is 559. The number of phenolic OH excluding ortho intramolecular Hbond substituents is 1. The molecule has 0 aliphatic rings. The average Bonchev–Trinajstić information content (AvgIpc) is 2.28. The predicted molar refractivity (Wildman–Crippen MR) is 71.3 cm³/mol. The first-order chi connectivity index (χ1) is 8.15. The first-order valence-electron chi connectivity index (χ1n) is 5.55. The second-order valence-corrected chi connectivity index (χ2v) is 4.16. The minimum absolute atomic E-state index is 0.265. The van der Waals surface area contributed by atoms with Crippen LogP contribution >= 0.6 is 0 Å². The Labute approximate surface area is 101 Å². The molecule has 2 aromatic carbocycles. The van der Waals surface area contributed by atoms with Crippen molar-refractivity contribution in [2.45, 2.75) is 13.8 Å². The summed E-state index contributed by atoms with van der Waals surface area (Å²) in [6, 6.07) is 13.5. The molecule has 0 atom stereocenters. The molecule has 0 aliphatic carbocycles. The minimum Gasteiger partial charge on any atom is -0.507 e. The van der Waals surface area contributed by atoms with Crippen molar-refractivity contribution in [2.75, 3.05) is 0 Å². The van der Waals surface area contributed by atoms with Gasteiger partial charge in [0.15, 0.2) is 0 Å². The molecule has 2 aromatic rings. The molecule has 86 valence electrons. The third kappa shape index (κ3) is 2.94. The summed E-state index contributed by atoms with van der Waals surface area (Å²) in [6.45, 7) is 3.98. The Morgan fingerprint density at radius 2 is 1.76 bits per heavy atom. The van der Waals surface area contributed by atoms with Gasteiger partial charge in [-0.2, -0.15) is 0 Å². The molecular formula is C15H15NO. The largest absolute Gasteiger partial charge is 0.507 e. The monoisotopic (exact) mass is 225 g/mol. The Balaban J connectivity index is 2.26. The summed E-state index contributed by atoms with van der Waals surface area (Å²) in [6.07, 6.45) is 1.68. The van der Waals surface area contributed by atoms with E-state index in [4.69, 9.17) is 0 Å². The van der Waals surface area contributed by atoms with E-state index in [-0.39, 0.29) is 5.75 Å². The van der Waals surface area contributed by atoms with E-state index in [0.717, 1.165) is 16.8 Å². The van der Waals surface area contributed by atoms with Crippen LogP contribution in [-0.2, 0) is 0 Å². The molecule has 0 heterocycles. The highest BCUT2D eigenvalue weighted by atomic mass is 16.3. The van der Waals surface area contributed by atoms with Crippen molar-refractivity contribution < 1.29 is 5.11 Å². The number of benzene rings is 2. The fourth-order valence-corrected chi connectivity index (χ4v) is 1.62. The number of hydrogen-bond donors (Lipinski definition) is 1. The van der Waals surface area contributed by atoms with E-state index in [2.05, 4.69) is 4.99 Å². The van der Waals surface area contributed by atoms with Crippen LogP contribution < -0.4 is 0 Å². The maximum atomic E-state index is 9.73.